The second-order valence-corrected chi connectivity index (χ2v) is 6.83. The van der Waals surface area contributed by atoms with E-state index in [2.05, 4.69) is 41.8 Å². The standard InChI is InChI=1S/C18H33N3/c1-4-9-19-17(16-8-6-7-15(3)13-16)14-18-20-10-12-21(18)11-5-2/h10,12,15-17,19H,4-9,11,13-14H2,1-3H3. The lowest BCUT2D eigenvalue weighted by Crippen LogP contribution is -2.41. The summed E-state index contributed by atoms with van der Waals surface area (Å²) in [6.07, 6.45) is 13.2. The van der Waals surface area contributed by atoms with Crippen LogP contribution < -0.4 is 5.32 Å². The van der Waals surface area contributed by atoms with Crippen LogP contribution in [0.3, 0.4) is 0 Å². The molecule has 1 aromatic heterocycles. The number of nitrogens with zero attached hydrogens (tertiary/aromatic N) is 2. The first-order valence-corrected chi connectivity index (χ1v) is 8.98. The van der Waals surface area contributed by atoms with Gasteiger partial charge in [-0.25, -0.2) is 4.98 Å². The lowest BCUT2D eigenvalue weighted by molar-refractivity contribution is 0.218. The molecule has 1 saturated carbocycles. The molecule has 0 saturated heterocycles. The Balaban J connectivity index is 2.02. The minimum atomic E-state index is 0.603. The van der Waals surface area contributed by atoms with E-state index in [0.717, 1.165) is 31.3 Å². The molecule has 1 aliphatic rings. The number of aryl methyl sites for hydroxylation is 1. The molecule has 1 aromatic rings. The van der Waals surface area contributed by atoms with Crippen LogP contribution in [0.1, 0.15) is 65.1 Å². The highest BCUT2D eigenvalue weighted by atomic mass is 15.1. The number of rotatable bonds is 8. The number of hydrogen-bond acceptors (Lipinski definition) is 2. The zero-order valence-corrected chi connectivity index (χ0v) is 14.1. The van der Waals surface area contributed by atoms with Crippen LogP contribution in [0.25, 0.3) is 0 Å². The highest BCUT2D eigenvalue weighted by Crippen LogP contribution is 2.31. The van der Waals surface area contributed by atoms with Crippen molar-refractivity contribution in [2.75, 3.05) is 6.54 Å². The van der Waals surface area contributed by atoms with Gasteiger partial charge in [0.25, 0.3) is 0 Å². The van der Waals surface area contributed by atoms with E-state index in [9.17, 15) is 0 Å². The fraction of sp³-hybridized carbons (Fsp3) is 0.833. The van der Waals surface area contributed by atoms with Gasteiger partial charge in [-0.2, -0.15) is 0 Å². The average Bonchev–Trinajstić information content (AvgIpc) is 2.91. The van der Waals surface area contributed by atoms with Crippen LogP contribution in [0.4, 0.5) is 0 Å². The minimum Gasteiger partial charge on any atom is -0.335 e. The molecule has 0 aliphatic heterocycles. The summed E-state index contributed by atoms with van der Waals surface area (Å²) >= 11 is 0. The van der Waals surface area contributed by atoms with E-state index in [4.69, 9.17) is 0 Å². The Bertz CT molecular complexity index is 399. The lowest BCUT2D eigenvalue weighted by Gasteiger charge is -2.34. The smallest absolute Gasteiger partial charge is 0.110 e. The van der Waals surface area contributed by atoms with Gasteiger partial charge in [-0.15, -0.1) is 0 Å². The van der Waals surface area contributed by atoms with Gasteiger partial charge >= 0.3 is 0 Å². The first kappa shape index (κ1) is 16.5. The second kappa shape index (κ2) is 8.57. The quantitative estimate of drug-likeness (QED) is 0.783. The Morgan fingerprint density at radius 2 is 2.19 bits per heavy atom. The van der Waals surface area contributed by atoms with E-state index in [1.54, 1.807) is 0 Å². The molecule has 3 atom stereocenters. The van der Waals surface area contributed by atoms with Crippen molar-refractivity contribution in [3.63, 3.8) is 0 Å². The molecule has 1 N–H and O–H groups in total. The van der Waals surface area contributed by atoms with Crippen LogP contribution in [0, 0.1) is 11.8 Å². The van der Waals surface area contributed by atoms with E-state index in [1.807, 2.05) is 6.20 Å². The van der Waals surface area contributed by atoms with Gasteiger partial charge in [0.1, 0.15) is 5.82 Å². The molecule has 120 valence electrons. The summed E-state index contributed by atoms with van der Waals surface area (Å²) in [6, 6.07) is 0.603. The normalized spacial score (nSPS) is 24.1. The number of aromatic nitrogens is 2. The van der Waals surface area contributed by atoms with Crippen molar-refractivity contribution in [1.29, 1.82) is 0 Å². The molecule has 2 rings (SSSR count). The number of hydrogen-bond donors (Lipinski definition) is 1. The van der Waals surface area contributed by atoms with Crippen molar-refractivity contribution in [3.05, 3.63) is 18.2 Å². The summed E-state index contributed by atoms with van der Waals surface area (Å²) in [6.45, 7) is 9.13. The first-order valence-electron chi connectivity index (χ1n) is 8.98. The van der Waals surface area contributed by atoms with Crippen molar-refractivity contribution in [1.82, 2.24) is 14.9 Å². The molecule has 0 aromatic carbocycles. The Labute approximate surface area is 130 Å². The van der Waals surface area contributed by atoms with Gasteiger partial charge in [0.05, 0.1) is 0 Å². The maximum Gasteiger partial charge on any atom is 0.110 e. The Hall–Kier alpha value is -0.830. The van der Waals surface area contributed by atoms with Crippen LogP contribution in [0.2, 0.25) is 0 Å². The largest absolute Gasteiger partial charge is 0.335 e. The van der Waals surface area contributed by atoms with Crippen molar-refractivity contribution in [2.45, 2.75) is 78.3 Å². The van der Waals surface area contributed by atoms with Crippen LogP contribution in [-0.2, 0) is 13.0 Å². The monoisotopic (exact) mass is 291 g/mol. The SMILES string of the molecule is CCCNC(Cc1nccn1CCC)C1CCCC(C)C1. The first-order chi connectivity index (χ1) is 10.2. The van der Waals surface area contributed by atoms with Crippen molar-refractivity contribution >= 4 is 0 Å². The molecule has 0 amide bonds. The Morgan fingerprint density at radius 3 is 2.90 bits per heavy atom. The van der Waals surface area contributed by atoms with Gasteiger partial charge in [-0.05, 0) is 44.1 Å². The predicted molar refractivity (Wildman–Crippen MR) is 89.4 cm³/mol. The van der Waals surface area contributed by atoms with Gasteiger partial charge in [-0.1, -0.05) is 33.6 Å². The van der Waals surface area contributed by atoms with E-state index in [1.165, 1.54) is 44.3 Å². The van der Waals surface area contributed by atoms with Crippen LogP contribution >= 0.6 is 0 Å². The molecule has 21 heavy (non-hydrogen) atoms. The Kier molecular flexibility index (Phi) is 6.75. The summed E-state index contributed by atoms with van der Waals surface area (Å²) in [5.41, 5.74) is 0. The average molecular weight is 291 g/mol. The lowest BCUT2D eigenvalue weighted by atomic mass is 9.77. The van der Waals surface area contributed by atoms with Gasteiger partial charge < -0.3 is 9.88 Å². The molecule has 0 radical (unpaired) electrons. The van der Waals surface area contributed by atoms with E-state index in [-0.39, 0.29) is 0 Å². The van der Waals surface area contributed by atoms with Gasteiger partial charge in [0, 0.05) is 31.4 Å². The fourth-order valence-corrected chi connectivity index (χ4v) is 3.75. The number of imidazole rings is 1. The van der Waals surface area contributed by atoms with Gasteiger partial charge in [-0.3, -0.25) is 0 Å². The third kappa shape index (κ3) is 4.84. The summed E-state index contributed by atoms with van der Waals surface area (Å²) in [7, 11) is 0. The molecule has 3 nitrogen and oxygen atoms in total. The number of nitrogens with one attached hydrogen (secondary N) is 1. The van der Waals surface area contributed by atoms with Crippen LogP contribution in [0.15, 0.2) is 12.4 Å². The molecular weight excluding hydrogens is 258 g/mol. The summed E-state index contributed by atoms with van der Waals surface area (Å²) in [5, 5.41) is 3.81. The predicted octanol–water partition coefficient (Wildman–Crippen LogP) is 4.03. The summed E-state index contributed by atoms with van der Waals surface area (Å²) < 4.78 is 2.34. The van der Waals surface area contributed by atoms with Crippen molar-refractivity contribution < 1.29 is 0 Å². The Morgan fingerprint density at radius 1 is 1.33 bits per heavy atom. The molecule has 1 fully saturated rings. The topological polar surface area (TPSA) is 29.9 Å². The molecule has 1 heterocycles. The highest BCUT2D eigenvalue weighted by Gasteiger charge is 2.27. The van der Waals surface area contributed by atoms with E-state index < -0.39 is 0 Å². The van der Waals surface area contributed by atoms with E-state index in [0.29, 0.717) is 6.04 Å². The minimum absolute atomic E-state index is 0.603. The van der Waals surface area contributed by atoms with Crippen LogP contribution in [0.5, 0.6) is 0 Å². The van der Waals surface area contributed by atoms with Crippen LogP contribution in [-0.4, -0.2) is 22.1 Å². The van der Waals surface area contributed by atoms with Gasteiger partial charge in [0.2, 0.25) is 0 Å². The molecular formula is C18H33N3. The third-order valence-electron chi connectivity index (χ3n) is 4.87. The molecule has 3 heteroatoms. The summed E-state index contributed by atoms with van der Waals surface area (Å²) in [4.78, 5) is 4.62. The molecule has 1 aliphatic carbocycles. The second-order valence-electron chi connectivity index (χ2n) is 6.83. The molecule has 3 unspecified atom stereocenters. The molecule has 0 spiro atoms. The molecule has 0 bridgehead atoms. The zero-order valence-electron chi connectivity index (χ0n) is 14.1. The van der Waals surface area contributed by atoms with E-state index >= 15 is 0 Å². The maximum atomic E-state index is 4.62. The fourth-order valence-electron chi connectivity index (χ4n) is 3.75. The summed E-state index contributed by atoms with van der Waals surface area (Å²) in [5.74, 6) is 2.99. The maximum absolute atomic E-state index is 4.62. The zero-order chi connectivity index (χ0) is 15.1. The highest BCUT2D eigenvalue weighted by molar-refractivity contribution is 4.98. The van der Waals surface area contributed by atoms with Gasteiger partial charge in [0.15, 0.2) is 0 Å². The van der Waals surface area contributed by atoms with Crippen molar-refractivity contribution in [2.24, 2.45) is 11.8 Å². The third-order valence-corrected chi connectivity index (χ3v) is 4.87. The van der Waals surface area contributed by atoms with Crippen molar-refractivity contribution in [3.8, 4) is 0 Å².